The normalized spacial score (nSPS) is 18.3. The maximum absolute atomic E-state index is 12.7. The maximum Gasteiger partial charge on any atom is 0.417 e. The van der Waals surface area contributed by atoms with Crippen LogP contribution in [-0.4, -0.2) is 65.5 Å². The summed E-state index contributed by atoms with van der Waals surface area (Å²) in [6.45, 7) is 4.28. The molecule has 1 amide bonds. The van der Waals surface area contributed by atoms with E-state index in [0.717, 1.165) is 74.7 Å². The third-order valence-corrected chi connectivity index (χ3v) is 7.21. The van der Waals surface area contributed by atoms with Crippen molar-refractivity contribution in [3.63, 3.8) is 0 Å². The average molecular weight is 524 g/mol. The predicted octanol–water partition coefficient (Wildman–Crippen LogP) is 5.51. The summed E-state index contributed by atoms with van der Waals surface area (Å²) < 4.78 is 38.1. The smallest absolute Gasteiger partial charge is 0.382 e. The van der Waals surface area contributed by atoms with Gasteiger partial charge in [0.2, 0.25) is 5.91 Å². The molecule has 0 atom stereocenters. The molecule has 3 heterocycles. The van der Waals surface area contributed by atoms with Gasteiger partial charge in [-0.25, -0.2) is 4.98 Å². The minimum Gasteiger partial charge on any atom is -0.382 e. The summed E-state index contributed by atoms with van der Waals surface area (Å²) >= 11 is 5.95. The summed E-state index contributed by atoms with van der Waals surface area (Å²) in [6, 6.07) is 10.7. The predicted molar refractivity (Wildman–Crippen MR) is 136 cm³/mol. The van der Waals surface area contributed by atoms with E-state index in [-0.39, 0.29) is 11.9 Å². The van der Waals surface area contributed by atoms with E-state index in [4.69, 9.17) is 11.6 Å². The molecule has 2 aromatic rings. The van der Waals surface area contributed by atoms with Crippen LogP contribution in [0.15, 0.2) is 42.6 Å². The number of nitrogens with zero attached hydrogens (tertiary/aromatic N) is 3. The zero-order valence-corrected chi connectivity index (χ0v) is 21.0. The van der Waals surface area contributed by atoms with Gasteiger partial charge >= 0.3 is 6.18 Å². The zero-order valence-electron chi connectivity index (χ0n) is 20.2. The first kappa shape index (κ1) is 26.5. The summed E-state index contributed by atoms with van der Waals surface area (Å²) in [7, 11) is 0. The molecule has 0 radical (unpaired) electrons. The van der Waals surface area contributed by atoms with Crippen molar-refractivity contribution in [2.45, 2.75) is 56.8 Å². The molecule has 6 nitrogen and oxygen atoms in total. The average Bonchev–Trinajstić information content (AvgIpc) is 2.87. The number of halogens is 4. The van der Waals surface area contributed by atoms with Crippen LogP contribution in [0.4, 0.5) is 24.7 Å². The third kappa shape index (κ3) is 7.74. The van der Waals surface area contributed by atoms with E-state index in [1.807, 2.05) is 29.2 Å². The topological polar surface area (TPSA) is 60.5 Å². The molecular formula is C26H33ClF3N5O. The highest BCUT2D eigenvalue weighted by Crippen LogP contribution is 2.29. The number of carbonyl (C=O) groups excluding carboxylic acids is 1. The Labute approximate surface area is 215 Å². The lowest BCUT2D eigenvalue weighted by atomic mass is 10.0. The number of anilines is 2. The van der Waals surface area contributed by atoms with Crippen molar-refractivity contribution in [3.05, 3.63) is 53.2 Å². The number of carbonyl (C=O) groups is 1. The van der Waals surface area contributed by atoms with Crippen molar-refractivity contribution in [1.29, 1.82) is 0 Å². The van der Waals surface area contributed by atoms with Gasteiger partial charge in [-0.05, 0) is 75.0 Å². The van der Waals surface area contributed by atoms with Gasteiger partial charge in [-0.3, -0.25) is 4.79 Å². The van der Waals surface area contributed by atoms with Crippen molar-refractivity contribution < 1.29 is 18.0 Å². The number of aromatic nitrogens is 1. The van der Waals surface area contributed by atoms with Gasteiger partial charge in [0.1, 0.15) is 5.82 Å². The van der Waals surface area contributed by atoms with E-state index in [1.165, 1.54) is 6.07 Å². The van der Waals surface area contributed by atoms with Gasteiger partial charge < -0.3 is 20.4 Å². The minimum absolute atomic E-state index is 0.0982. The number of nitrogens with one attached hydrogen (secondary N) is 2. The molecular weight excluding hydrogens is 491 g/mol. The number of rotatable bonds is 8. The standard InChI is InChI=1S/C26H33ClF3N5O/c27-20-4-6-21(7-5-20)32-22-9-14-34(15-10-22)13-1-2-25(36)35-16-11-23(12-17-35)33-24-8-3-19(18-31-24)26(28,29)30/h3-8,18,22-23,32H,1-2,9-17H2,(H,31,33). The lowest BCUT2D eigenvalue weighted by Crippen LogP contribution is -2.43. The number of pyridine rings is 1. The molecule has 2 aliphatic rings. The highest BCUT2D eigenvalue weighted by Gasteiger charge is 2.31. The highest BCUT2D eigenvalue weighted by atomic mass is 35.5. The maximum atomic E-state index is 12.7. The van der Waals surface area contributed by atoms with Crippen molar-refractivity contribution in [1.82, 2.24) is 14.8 Å². The SMILES string of the molecule is O=C(CCCN1CCC(Nc2ccc(Cl)cc2)CC1)N1CCC(Nc2ccc(C(F)(F)F)cn2)CC1. The molecule has 36 heavy (non-hydrogen) atoms. The van der Waals surface area contributed by atoms with Crippen LogP contribution in [0.3, 0.4) is 0 Å². The number of alkyl halides is 3. The molecule has 1 aromatic heterocycles. The van der Waals surface area contributed by atoms with Crippen LogP contribution < -0.4 is 10.6 Å². The molecule has 0 aliphatic carbocycles. The number of amides is 1. The van der Waals surface area contributed by atoms with E-state index >= 15 is 0 Å². The molecule has 0 spiro atoms. The first-order valence-electron chi connectivity index (χ1n) is 12.6. The molecule has 0 bridgehead atoms. The van der Waals surface area contributed by atoms with E-state index in [2.05, 4.69) is 20.5 Å². The van der Waals surface area contributed by atoms with Gasteiger partial charge in [0.15, 0.2) is 0 Å². The Hall–Kier alpha value is -2.52. The quantitative estimate of drug-likeness (QED) is 0.477. The highest BCUT2D eigenvalue weighted by molar-refractivity contribution is 6.30. The number of benzene rings is 1. The second kappa shape index (κ2) is 12.1. The van der Waals surface area contributed by atoms with Crippen LogP contribution in [0.25, 0.3) is 0 Å². The number of likely N-dealkylation sites (tertiary alicyclic amines) is 2. The summed E-state index contributed by atoms with van der Waals surface area (Å²) in [5.74, 6) is 0.611. The van der Waals surface area contributed by atoms with Gasteiger partial charge in [-0.15, -0.1) is 0 Å². The van der Waals surface area contributed by atoms with Gasteiger partial charge in [0.25, 0.3) is 0 Å². The van der Waals surface area contributed by atoms with Gasteiger partial charge in [0, 0.05) is 61.6 Å². The lowest BCUT2D eigenvalue weighted by molar-refractivity contribution is -0.137. The van der Waals surface area contributed by atoms with Gasteiger partial charge in [-0.1, -0.05) is 11.6 Å². The third-order valence-electron chi connectivity index (χ3n) is 6.96. The Morgan fingerprint density at radius 3 is 2.19 bits per heavy atom. The van der Waals surface area contributed by atoms with E-state index in [1.54, 1.807) is 0 Å². The molecule has 2 aliphatic heterocycles. The Morgan fingerprint density at radius 2 is 1.58 bits per heavy atom. The fraction of sp³-hybridized carbons (Fsp3) is 0.538. The Kier molecular flexibility index (Phi) is 8.95. The van der Waals surface area contributed by atoms with Crippen LogP contribution in [0.5, 0.6) is 0 Å². The van der Waals surface area contributed by atoms with E-state index < -0.39 is 11.7 Å². The van der Waals surface area contributed by atoms with E-state index in [0.29, 0.717) is 31.4 Å². The summed E-state index contributed by atoms with van der Waals surface area (Å²) in [6.07, 6.45) is 1.51. The van der Waals surface area contributed by atoms with Crippen LogP contribution in [-0.2, 0) is 11.0 Å². The molecule has 2 saturated heterocycles. The first-order valence-corrected chi connectivity index (χ1v) is 13.0. The molecule has 4 rings (SSSR count). The molecule has 2 N–H and O–H groups in total. The fourth-order valence-electron chi connectivity index (χ4n) is 4.82. The molecule has 0 saturated carbocycles. The second-order valence-corrected chi connectivity index (χ2v) is 10.0. The molecule has 1 aromatic carbocycles. The number of hydrogen-bond donors (Lipinski definition) is 2. The number of hydrogen-bond acceptors (Lipinski definition) is 5. The largest absolute Gasteiger partial charge is 0.417 e. The van der Waals surface area contributed by atoms with Crippen molar-refractivity contribution in [2.24, 2.45) is 0 Å². The van der Waals surface area contributed by atoms with Gasteiger partial charge in [-0.2, -0.15) is 13.2 Å². The zero-order chi connectivity index (χ0) is 25.5. The number of piperidine rings is 2. The van der Waals surface area contributed by atoms with Crippen LogP contribution in [0.2, 0.25) is 5.02 Å². The lowest BCUT2D eigenvalue weighted by Gasteiger charge is -2.34. The van der Waals surface area contributed by atoms with Crippen LogP contribution in [0, 0.1) is 0 Å². The molecule has 2 fully saturated rings. The summed E-state index contributed by atoms with van der Waals surface area (Å²) in [5.41, 5.74) is 0.338. The Balaban J connectivity index is 1.09. The van der Waals surface area contributed by atoms with Crippen molar-refractivity contribution in [3.8, 4) is 0 Å². The second-order valence-electron chi connectivity index (χ2n) is 9.60. The van der Waals surface area contributed by atoms with Crippen molar-refractivity contribution >= 4 is 29.0 Å². The molecule has 10 heteroatoms. The minimum atomic E-state index is -4.39. The van der Waals surface area contributed by atoms with Crippen LogP contribution >= 0.6 is 11.6 Å². The molecule has 0 unspecified atom stereocenters. The first-order chi connectivity index (χ1) is 17.3. The van der Waals surface area contributed by atoms with E-state index in [9.17, 15) is 18.0 Å². The Bertz CT molecular complexity index is 971. The Morgan fingerprint density at radius 1 is 0.944 bits per heavy atom. The molecule has 196 valence electrons. The fourth-order valence-corrected chi connectivity index (χ4v) is 4.95. The summed E-state index contributed by atoms with van der Waals surface area (Å²) in [5, 5.41) is 7.50. The van der Waals surface area contributed by atoms with Crippen LogP contribution in [0.1, 0.15) is 44.1 Å². The van der Waals surface area contributed by atoms with Gasteiger partial charge in [0.05, 0.1) is 5.56 Å². The summed E-state index contributed by atoms with van der Waals surface area (Å²) in [4.78, 5) is 20.9. The monoisotopic (exact) mass is 523 g/mol. The van der Waals surface area contributed by atoms with Crippen molar-refractivity contribution in [2.75, 3.05) is 43.4 Å².